The lowest BCUT2D eigenvalue weighted by molar-refractivity contribution is -0.126. The minimum atomic E-state index is -0.0856. The van der Waals surface area contributed by atoms with Crippen LogP contribution < -0.4 is 5.73 Å². The van der Waals surface area contributed by atoms with E-state index < -0.39 is 0 Å². The molecule has 0 bridgehead atoms. The molecule has 0 aliphatic heterocycles. The summed E-state index contributed by atoms with van der Waals surface area (Å²) in [6, 6.07) is 5.36. The number of carbonyl (C=O) groups excluding carboxylic acids is 1. The van der Waals surface area contributed by atoms with Crippen molar-refractivity contribution in [3.05, 3.63) is 60.2 Å². The highest BCUT2D eigenvalue weighted by Gasteiger charge is 2.18. The van der Waals surface area contributed by atoms with E-state index in [4.69, 9.17) is 5.73 Å². The average molecular weight is 321 g/mol. The zero-order valence-electron chi connectivity index (χ0n) is 13.6. The summed E-state index contributed by atoms with van der Waals surface area (Å²) in [5.74, 6) is 0.370. The Morgan fingerprint density at radius 3 is 2.92 bits per heavy atom. The molecule has 6 heteroatoms. The summed E-state index contributed by atoms with van der Waals surface area (Å²) in [5.41, 5.74) is 8.43. The van der Waals surface area contributed by atoms with Gasteiger partial charge in [-0.05, 0) is 36.8 Å². The lowest BCUT2D eigenvalue weighted by Crippen LogP contribution is -2.27. The first-order valence-electron chi connectivity index (χ1n) is 7.63. The minimum Gasteiger partial charge on any atom is -0.384 e. The number of aromatic amines is 1. The molecule has 3 rings (SSSR count). The van der Waals surface area contributed by atoms with Crippen LogP contribution in [0.2, 0.25) is 0 Å². The molecule has 1 atom stereocenters. The topological polar surface area (TPSA) is 87.9 Å². The van der Waals surface area contributed by atoms with Crippen LogP contribution in [0.15, 0.2) is 49.1 Å². The van der Waals surface area contributed by atoms with Crippen molar-refractivity contribution >= 4 is 28.7 Å². The molecule has 24 heavy (non-hydrogen) atoms. The molecule has 0 fully saturated rings. The van der Waals surface area contributed by atoms with E-state index in [1.807, 2.05) is 31.5 Å². The molecule has 0 spiro atoms. The molecule has 1 amide bonds. The summed E-state index contributed by atoms with van der Waals surface area (Å²) in [7, 11) is 1.79. The molecule has 0 aliphatic rings. The number of anilines is 1. The number of nitrogens with one attached hydrogen (secondary N) is 1. The van der Waals surface area contributed by atoms with Gasteiger partial charge in [0.15, 0.2) is 0 Å². The maximum absolute atomic E-state index is 12.4. The Labute approximate surface area is 140 Å². The van der Waals surface area contributed by atoms with E-state index in [1.165, 1.54) is 6.08 Å². The van der Waals surface area contributed by atoms with Gasteiger partial charge in [-0.3, -0.25) is 9.78 Å². The predicted molar refractivity (Wildman–Crippen MR) is 95.0 cm³/mol. The molecule has 1 unspecified atom stereocenters. The van der Waals surface area contributed by atoms with Crippen LogP contribution in [-0.4, -0.2) is 32.8 Å². The van der Waals surface area contributed by atoms with Gasteiger partial charge >= 0.3 is 0 Å². The van der Waals surface area contributed by atoms with Crippen molar-refractivity contribution in [1.29, 1.82) is 0 Å². The van der Waals surface area contributed by atoms with Crippen LogP contribution >= 0.6 is 0 Å². The smallest absolute Gasteiger partial charge is 0.246 e. The molecule has 122 valence electrons. The van der Waals surface area contributed by atoms with Gasteiger partial charge in [0, 0.05) is 54.4 Å². The van der Waals surface area contributed by atoms with Crippen molar-refractivity contribution in [1.82, 2.24) is 19.9 Å². The van der Waals surface area contributed by atoms with Gasteiger partial charge in [-0.15, -0.1) is 0 Å². The lowest BCUT2D eigenvalue weighted by atomic mass is 10.1. The Hall–Kier alpha value is -3.15. The molecule has 3 aromatic rings. The van der Waals surface area contributed by atoms with E-state index >= 15 is 0 Å². The first-order chi connectivity index (χ1) is 11.6. The third kappa shape index (κ3) is 3.12. The van der Waals surface area contributed by atoms with Crippen LogP contribution in [-0.2, 0) is 4.79 Å². The van der Waals surface area contributed by atoms with Crippen molar-refractivity contribution in [2.24, 2.45) is 0 Å². The first kappa shape index (κ1) is 15.7. The molecule has 0 saturated carbocycles. The molecule has 0 aromatic carbocycles. The number of nitrogens with two attached hydrogens (primary N) is 1. The molecular weight excluding hydrogens is 302 g/mol. The van der Waals surface area contributed by atoms with E-state index in [2.05, 4.69) is 15.0 Å². The molecule has 0 radical (unpaired) electrons. The number of carbonyl (C=O) groups is 1. The second-order valence-electron chi connectivity index (χ2n) is 5.64. The van der Waals surface area contributed by atoms with Crippen LogP contribution in [0.3, 0.4) is 0 Å². The molecular formula is C18H19N5O. The van der Waals surface area contributed by atoms with E-state index in [9.17, 15) is 4.79 Å². The quantitative estimate of drug-likeness (QED) is 0.723. The van der Waals surface area contributed by atoms with E-state index in [0.717, 1.165) is 22.0 Å². The highest BCUT2D eigenvalue weighted by molar-refractivity contribution is 5.92. The number of fused-ring (bicyclic) bond motifs is 1. The zero-order valence-corrected chi connectivity index (χ0v) is 13.6. The lowest BCUT2D eigenvalue weighted by Gasteiger charge is -2.23. The molecule has 0 aliphatic carbocycles. The van der Waals surface area contributed by atoms with E-state index in [-0.39, 0.29) is 11.9 Å². The average Bonchev–Trinajstić information content (AvgIpc) is 3.03. The summed E-state index contributed by atoms with van der Waals surface area (Å²) >= 11 is 0. The van der Waals surface area contributed by atoms with Gasteiger partial charge in [0.1, 0.15) is 5.82 Å². The number of aromatic nitrogens is 3. The Bertz CT molecular complexity index is 882. The Morgan fingerprint density at radius 2 is 2.17 bits per heavy atom. The van der Waals surface area contributed by atoms with Crippen LogP contribution in [0, 0.1) is 0 Å². The van der Waals surface area contributed by atoms with Crippen molar-refractivity contribution in [2.45, 2.75) is 13.0 Å². The van der Waals surface area contributed by atoms with Gasteiger partial charge in [0.25, 0.3) is 0 Å². The second-order valence-corrected chi connectivity index (χ2v) is 5.64. The highest BCUT2D eigenvalue weighted by Crippen LogP contribution is 2.26. The van der Waals surface area contributed by atoms with E-state index in [1.54, 1.807) is 36.5 Å². The van der Waals surface area contributed by atoms with Gasteiger partial charge in [-0.2, -0.15) is 0 Å². The number of amides is 1. The van der Waals surface area contributed by atoms with Crippen molar-refractivity contribution in [3.63, 3.8) is 0 Å². The first-order valence-corrected chi connectivity index (χ1v) is 7.63. The summed E-state index contributed by atoms with van der Waals surface area (Å²) < 4.78 is 0. The van der Waals surface area contributed by atoms with Crippen LogP contribution in [0.4, 0.5) is 5.82 Å². The number of pyridine rings is 2. The normalized spacial score (nSPS) is 12.6. The van der Waals surface area contributed by atoms with Gasteiger partial charge in [0.05, 0.1) is 6.04 Å². The second kappa shape index (κ2) is 6.54. The fourth-order valence-electron chi connectivity index (χ4n) is 2.53. The number of H-pyrrole nitrogens is 1. The monoisotopic (exact) mass is 321 g/mol. The maximum Gasteiger partial charge on any atom is 0.246 e. The third-order valence-electron chi connectivity index (χ3n) is 4.12. The minimum absolute atomic E-state index is 0.0790. The fourth-order valence-corrected chi connectivity index (χ4v) is 2.53. The van der Waals surface area contributed by atoms with Crippen LogP contribution in [0.25, 0.3) is 17.0 Å². The predicted octanol–water partition coefficient (Wildman–Crippen LogP) is 2.77. The van der Waals surface area contributed by atoms with E-state index in [0.29, 0.717) is 5.82 Å². The Morgan fingerprint density at radius 1 is 1.33 bits per heavy atom. The Kier molecular flexibility index (Phi) is 4.29. The standard InChI is InChI=1S/C18H19N5O/c1-12(14-11-21-16-7-8-20-10-15(14)16)23(2)18(24)6-4-13-3-5-17(19)22-9-13/h3-12,21H,1-2H3,(H2,19,22)/b6-4+. The van der Waals surface area contributed by atoms with Crippen LogP contribution in [0.1, 0.15) is 24.1 Å². The number of nitrogens with zero attached hydrogens (tertiary/aromatic N) is 3. The van der Waals surface area contributed by atoms with Crippen molar-refractivity contribution < 1.29 is 4.79 Å². The summed E-state index contributed by atoms with van der Waals surface area (Å²) in [6.45, 7) is 1.99. The highest BCUT2D eigenvalue weighted by atomic mass is 16.2. The molecule has 3 N–H and O–H groups in total. The number of hydrogen-bond donors (Lipinski definition) is 2. The largest absolute Gasteiger partial charge is 0.384 e. The summed E-state index contributed by atoms with van der Waals surface area (Å²) in [5, 5.41) is 1.02. The zero-order chi connectivity index (χ0) is 17.1. The number of hydrogen-bond acceptors (Lipinski definition) is 4. The van der Waals surface area contributed by atoms with Gasteiger partial charge in [0.2, 0.25) is 5.91 Å². The van der Waals surface area contributed by atoms with Crippen molar-refractivity contribution in [3.8, 4) is 0 Å². The van der Waals surface area contributed by atoms with Crippen LogP contribution in [0.5, 0.6) is 0 Å². The third-order valence-corrected chi connectivity index (χ3v) is 4.12. The maximum atomic E-state index is 12.4. The van der Waals surface area contributed by atoms with Crippen molar-refractivity contribution in [2.75, 3.05) is 12.8 Å². The molecule has 0 saturated heterocycles. The number of rotatable bonds is 4. The number of nitrogen functional groups attached to an aromatic ring is 1. The Balaban J connectivity index is 1.76. The summed E-state index contributed by atoms with van der Waals surface area (Å²) in [4.78, 5) is 25.5. The fraction of sp³-hybridized carbons (Fsp3) is 0.167. The molecule has 3 aromatic heterocycles. The van der Waals surface area contributed by atoms with Gasteiger partial charge in [-0.1, -0.05) is 0 Å². The summed E-state index contributed by atoms with van der Waals surface area (Å²) in [6.07, 6.45) is 10.4. The SMILES string of the molecule is CC(c1c[nH]c2ccncc12)N(C)C(=O)/C=C/c1ccc(N)nc1. The van der Waals surface area contributed by atoms with Gasteiger partial charge in [-0.25, -0.2) is 4.98 Å². The number of likely N-dealkylation sites (N-methyl/N-ethyl adjacent to an activating group) is 1. The van der Waals surface area contributed by atoms with Gasteiger partial charge < -0.3 is 15.6 Å². The molecule has 6 nitrogen and oxygen atoms in total. The molecule has 3 heterocycles.